The molecule has 0 bridgehead atoms. The molecule has 0 radical (unpaired) electrons. The van der Waals surface area contributed by atoms with Gasteiger partial charge in [-0.1, -0.05) is 13.8 Å². The third-order valence-electron chi connectivity index (χ3n) is 2.72. The number of carbonyl (C=O) groups excluding carboxylic acids is 1. The molecule has 1 aliphatic heterocycles. The van der Waals surface area contributed by atoms with E-state index < -0.39 is 0 Å². The maximum Gasteiger partial charge on any atom is 0.234 e. The number of hydrogen-bond acceptors (Lipinski definition) is 3. The lowest BCUT2D eigenvalue weighted by Gasteiger charge is -2.25. The van der Waals surface area contributed by atoms with Crippen LogP contribution in [0, 0.1) is 5.92 Å². The van der Waals surface area contributed by atoms with Crippen molar-refractivity contribution in [2.45, 2.75) is 39.2 Å². The smallest absolute Gasteiger partial charge is 0.234 e. The Labute approximate surface area is 93.0 Å². The summed E-state index contributed by atoms with van der Waals surface area (Å²) in [5.41, 5.74) is 5.25. The predicted octanol–water partition coefficient (Wildman–Crippen LogP) is 0.476. The molecule has 1 heterocycles. The Morgan fingerprint density at radius 2 is 2.00 bits per heavy atom. The molecule has 0 saturated carbocycles. The Morgan fingerprint density at radius 1 is 1.47 bits per heavy atom. The zero-order valence-electron chi connectivity index (χ0n) is 10.2. The summed E-state index contributed by atoms with van der Waals surface area (Å²) in [6, 6.07) is -0.150. The number of nitrogens with one attached hydrogen (secondary N) is 2. The molecule has 0 aromatic rings. The molecule has 0 aromatic carbocycles. The highest BCUT2D eigenvalue weighted by atomic mass is 16.1. The molecule has 1 aliphatic rings. The Bertz CT molecular complexity index is 167. The fourth-order valence-electron chi connectivity index (χ4n) is 1.83. The highest BCUT2D eigenvalue weighted by Gasteiger charge is 2.20. The van der Waals surface area contributed by atoms with E-state index in [0.29, 0.717) is 5.92 Å². The molecule has 1 atom stereocenters. The summed E-state index contributed by atoms with van der Waals surface area (Å²) < 4.78 is 0. The summed E-state index contributed by atoms with van der Waals surface area (Å²) in [7, 11) is 1.79. The highest BCUT2D eigenvalue weighted by molar-refractivity contribution is 5.79. The van der Waals surface area contributed by atoms with Gasteiger partial charge in [-0.2, -0.15) is 0 Å². The number of amides is 1. The molecule has 1 amide bonds. The van der Waals surface area contributed by atoms with E-state index in [-0.39, 0.29) is 11.9 Å². The Morgan fingerprint density at radius 3 is 2.40 bits per heavy atom. The minimum Gasteiger partial charge on any atom is -0.368 e. The van der Waals surface area contributed by atoms with Gasteiger partial charge in [0.2, 0.25) is 5.91 Å². The zero-order chi connectivity index (χ0) is 11.7. The Hall–Kier alpha value is -0.610. The van der Waals surface area contributed by atoms with Crippen LogP contribution >= 0.6 is 0 Å². The topological polar surface area (TPSA) is 67.2 Å². The molecule has 0 aliphatic carbocycles. The van der Waals surface area contributed by atoms with Gasteiger partial charge in [-0.05, 0) is 45.3 Å². The number of primary amides is 1. The van der Waals surface area contributed by atoms with Crippen molar-refractivity contribution in [3.05, 3.63) is 0 Å². The lowest BCUT2D eigenvalue weighted by molar-refractivity contribution is -0.120. The van der Waals surface area contributed by atoms with Gasteiger partial charge < -0.3 is 16.4 Å². The molecule has 1 rings (SSSR count). The molecule has 4 heteroatoms. The first-order chi connectivity index (χ1) is 7.24. The van der Waals surface area contributed by atoms with E-state index in [1.54, 1.807) is 7.05 Å². The average Bonchev–Trinajstić information content (AvgIpc) is 2.29. The number of carbonyl (C=O) groups is 1. The third kappa shape index (κ3) is 5.74. The first kappa shape index (κ1) is 14.4. The van der Waals surface area contributed by atoms with Gasteiger partial charge in [-0.3, -0.25) is 4.79 Å². The van der Waals surface area contributed by atoms with Gasteiger partial charge in [0.15, 0.2) is 0 Å². The van der Waals surface area contributed by atoms with Crippen LogP contribution in [0.1, 0.15) is 33.1 Å². The molecule has 15 heavy (non-hydrogen) atoms. The number of nitrogens with two attached hydrogens (primary N) is 1. The van der Waals surface area contributed by atoms with Crippen LogP contribution < -0.4 is 16.4 Å². The van der Waals surface area contributed by atoms with Gasteiger partial charge in [0, 0.05) is 0 Å². The largest absolute Gasteiger partial charge is 0.368 e. The van der Waals surface area contributed by atoms with Crippen molar-refractivity contribution in [1.29, 1.82) is 0 Å². The fraction of sp³-hybridized carbons (Fsp3) is 0.909. The molecule has 0 spiro atoms. The summed E-state index contributed by atoms with van der Waals surface area (Å²) >= 11 is 0. The lowest BCUT2D eigenvalue weighted by Crippen LogP contribution is -2.42. The van der Waals surface area contributed by atoms with Crippen LogP contribution in [0.25, 0.3) is 0 Å². The van der Waals surface area contributed by atoms with E-state index >= 15 is 0 Å². The van der Waals surface area contributed by atoms with E-state index in [2.05, 4.69) is 10.6 Å². The number of likely N-dealkylation sites (N-methyl/N-ethyl adjacent to an activating group) is 1. The van der Waals surface area contributed by atoms with Crippen LogP contribution in [0.2, 0.25) is 0 Å². The van der Waals surface area contributed by atoms with Gasteiger partial charge >= 0.3 is 0 Å². The molecule has 1 fully saturated rings. The van der Waals surface area contributed by atoms with E-state index in [9.17, 15) is 4.79 Å². The van der Waals surface area contributed by atoms with E-state index in [0.717, 1.165) is 32.4 Å². The van der Waals surface area contributed by atoms with E-state index in [1.165, 1.54) is 0 Å². The summed E-state index contributed by atoms with van der Waals surface area (Å²) in [5.74, 6) is 0.409. The summed E-state index contributed by atoms with van der Waals surface area (Å²) in [6.45, 7) is 6.14. The number of hydrogen-bond donors (Lipinski definition) is 3. The first-order valence-corrected chi connectivity index (χ1v) is 5.91. The number of rotatable bonds is 4. The monoisotopic (exact) mass is 215 g/mol. The van der Waals surface area contributed by atoms with Gasteiger partial charge in [0.05, 0.1) is 6.04 Å². The highest BCUT2D eigenvalue weighted by Crippen LogP contribution is 2.17. The number of piperidine rings is 1. The maximum atomic E-state index is 10.9. The van der Waals surface area contributed by atoms with Gasteiger partial charge in [-0.25, -0.2) is 0 Å². The second-order valence-corrected chi connectivity index (χ2v) is 3.67. The normalized spacial score (nSPS) is 18.9. The van der Waals surface area contributed by atoms with E-state index in [1.807, 2.05) is 13.8 Å². The van der Waals surface area contributed by atoms with Crippen LogP contribution in [0.5, 0.6) is 0 Å². The van der Waals surface area contributed by atoms with Crippen molar-refractivity contribution in [2.24, 2.45) is 11.7 Å². The van der Waals surface area contributed by atoms with Crippen LogP contribution in [0.3, 0.4) is 0 Å². The van der Waals surface area contributed by atoms with Gasteiger partial charge in [0.25, 0.3) is 0 Å². The van der Waals surface area contributed by atoms with Crippen molar-refractivity contribution in [2.75, 3.05) is 20.1 Å². The Balaban J connectivity index is 0.000000921. The Kier molecular flexibility index (Phi) is 8.33. The van der Waals surface area contributed by atoms with Gasteiger partial charge in [-0.15, -0.1) is 0 Å². The molecular formula is C11H25N3O. The summed E-state index contributed by atoms with van der Waals surface area (Å²) in [4.78, 5) is 10.9. The summed E-state index contributed by atoms with van der Waals surface area (Å²) in [6.07, 6.45) is 3.20. The molecular weight excluding hydrogens is 190 g/mol. The molecule has 0 aromatic heterocycles. The molecule has 1 unspecified atom stereocenters. The molecule has 90 valence electrons. The average molecular weight is 215 g/mol. The second kappa shape index (κ2) is 8.68. The van der Waals surface area contributed by atoms with Crippen LogP contribution in [0.4, 0.5) is 0 Å². The van der Waals surface area contributed by atoms with Crippen molar-refractivity contribution >= 4 is 5.91 Å². The molecule has 4 N–H and O–H groups in total. The maximum absolute atomic E-state index is 10.9. The fourth-order valence-corrected chi connectivity index (χ4v) is 1.83. The lowest BCUT2D eigenvalue weighted by atomic mass is 9.91. The van der Waals surface area contributed by atoms with Crippen molar-refractivity contribution in [1.82, 2.24) is 10.6 Å². The van der Waals surface area contributed by atoms with E-state index in [4.69, 9.17) is 5.73 Å². The zero-order valence-corrected chi connectivity index (χ0v) is 10.2. The van der Waals surface area contributed by atoms with Crippen molar-refractivity contribution < 1.29 is 4.79 Å². The van der Waals surface area contributed by atoms with Crippen LogP contribution in [-0.4, -0.2) is 32.1 Å². The molecule has 1 saturated heterocycles. The van der Waals surface area contributed by atoms with Crippen LogP contribution in [0.15, 0.2) is 0 Å². The SMILES string of the molecule is CC.CNC(CC1CCNCC1)C(N)=O. The summed E-state index contributed by atoms with van der Waals surface area (Å²) in [5, 5.41) is 6.25. The second-order valence-electron chi connectivity index (χ2n) is 3.67. The first-order valence-electron chi connectivity index (χ1n) is 5.91. The predicted molar refractivity (Wildman–Crippen MR) is 63.6 cm³/mol. The van der Waals surface area contributed by atoms with Crippen LogP contribution in [-0.2, 0) is 4.79 Å². The minimum absolute atomic E-state index is 0.150. The minimum atomic E-state index is -0.235. The quantitative estimate of drug-likeness (QED) is 0.639. The third-order valence-corrected chi connectivity index (χ3v) is 2.72. The van der Waals surface area contributed by atoms with Gasteiger partial charge in [0.1, 0.15) is 0 Å². The van der Waals surface area contributed by atoms with Crippen molar-refractivity contribution in [3.8, 4) is 0 Å². The molecule has 4 nitrogen and oxygen atoms in total. The standard InChI is InChI=1S/C9H19N3O.C2H6/c1-11-8(9(10)13)6-7-2-4-12-5-3-7;1-2/h7-8,11-12H,2-6H2,1H3,(H2,10,13);1-2H3. The van der Waals surface area contributed by atoms with Crippen molar-refractivity contribution in [3.63, 3.8) is 0 Å².